The summed E-state index contributed by atoms with van der Waals surface area (Å²) in [5.74, 6) is 0. The monoisotopic (exact) mass is 300 g/mol. The second-order valence-electron chi connectivity index (χ2n) is 4.57. The molecule has 1 aromatic heterocycles. The van der Waals surface area contributed by atoms with E-state index in [1.807, 2.05) is 11.7 Å². The summed E-state index contributed by atoms with van der Waals surface area (Å²) in [5.41, 5.74) is 5.87. The van der Waals surface area contributed by atoms with Crippen LogP contribution < -0.4 is 5.43 Å². The summed E-state index contributed by atoms with van der Waals surface area (Å²) in [5, 5.41) is 6.83. The molecule has 2 rings (SSSR count). The van der Waals surface area contributed by atoms with Crippen LogP contribution in [0.2, 0.25) is 0 Å². The quantitative estimate of drug-likeness (QED) is 0.926. The molecule has 1 saturated heterocycles. The molecule has 96 valence electrons. The smallest absolute Gasteiger partial charge is 0.0767 e. The van der Waals surface area contributed by atoms with Crippen molar-refractivity contribution >= 4 is 15.9 Å². The molecule has 0 radical (unpaired) electrons. The molecule has 17 heavy (non-hydrogen) atoms. The summed E-state index contributed by atoms with van der Waals surface area (Å²) in [4.78, 5) is 0. The summed E-state index contributed by atoms with van der Waals surface area (Å²) in [6.07, 6.45) is 4.95. The highest BCUT2D eigenvalue weighted by Gasteiger charge is 2.14. The number of aryl methyl sites for hydroxylation is 2. The van der Waals surface area contributed by atoms with E-state index in [2.05, 4.69) is 38.4 Å². The van der Waals surface area contributed by atoms with Crippen molar-refractivity contribution in [3.63, 3.8) is 0 Å². The van der Waals surface area contributed by atoms with Gasteiger partial charge in [0.05, 0.1) is 22.4 Å². The van der Waals surface area contributed by atoms with Crippen molar-refractivity contribution in [3.05, 3.63) is 15.9 Å². The van der Waals surface area contributed by atoms with Crippen LogP contribution in [0.4, 0.5) is 0 Å². The average Bonchev–Trinajstić information content (AvgIpc) is 2.63. The van der Waals surface area contributed by atoms with Gasteiger partial charge in [0, 0.05) is 20.1 Å². The molecule has 0 atom stereocenters. The second kappa shape index (κ2) is 5.98. The maximum Gasteiger partial charge on any atom is 0.0767 e. The highest BCUT2D eigenvalue weighted by atomic mass is 79.9. The van der Waals surface area contributed by atoms with Crippen LogP contribution in [0.15, 0.2) is 4.47 Å². The highest BCUT2D eigenvalue weighted by Crippen LogP contribution is 2.21. The molecule has 1 N–H and O–H groups in total. The summed E-state index contributed by atoms with van der Waals surface area (Å²) >= 11 is 3.65. The van der Waals surface area contributed by atoms with Gasteiger partial charge < -0.3 is 0 Å². The summed E-state index contributed by atoms with van der Waals surface area (Å²) in [7, 11) is 2.01. The van der Waals surface area contributed by atoms with Gasteiger partial charge in [0.25, 0.3) is 0 Å². The van der Waals surface area contributed by atoms with Gasteiger partial charge in [-0.15, -0.1) is 0 Å². The van der Waals surface area contributed by atoms with Gasteiger partial charge in [-0.2, -0.15) is 5.10 Å². The molecule has 0 unspecified atom stereocenters. The van der Waals surface area contributed by atoms with E-state index in [1.165, 1.54) is 25.0 Å². The summed E-state index contributed by atoms with van der Waals surface area (Å²) < 4.78 is 3.13. The third-order valence-corrected chi connectivity index (χ3v) is 4.24. The highest BCUT2D eigenvalue weighted by molar-refractivity contribution is 9.10. The molecular formula is C12H21BrN4. The zero-order chi connectivity index (χ0) is 12.3. The number of hydrogen-bond acceptors (Lipinski definition) is 3. The van der Waals surface area contributed by atoms with Crippen molar-refractivity contribution in [1.29, 1.82) is 0 Å². The largest absolute Gasteiger partial charge is 0.270 e. The van der Waals surface area contributed by atoms with E-state index in [4.69, 9.17) is 0 Å². The Morgan fingerprint density at radius 2 is 2.00 bits per heavy atom. The fourth-order valence-corrected chi connectivity index (χ4v) is 3.01. The van der Waals surface area contributed by atoms with Crippen LogP contribution in [0.5, 0.6) is 0 Å². The van der Waals surface area contributed by atoms with Crippen LogP contribution in [-0.2, 0) is 20.0 Å². The third-order valence-electron chi connectivity index (χ3n) is 3.33. The first-order valence-electron chi connectivity index (χ1n) is 6.41. The van der Waals surface area contributed by atoms with Crippen molar-refractivity contribution < 1.29 is 0 Å². The van der Waals surface area contributed by atoms with E-state index in [-0.39, 0.29) is 0 Å². The minimum absolute atomic E-state index is 0.851. The van der Waals surface area contributed by atoms with Crippen LogP contribution in [0, 0.1) is 0 Å². The van der Waals surface area contributed by atoms with Crippen LogP contribution in [0.25, 0.3) is 0 Å². The van der Waals surface area contributed by atoms with E-state index in [0.29, 0.717) is 0 Å². The molecule has 0 amide bonds. The maximum absolute atomic E-state index is 4.50. The summed E-state index contributed by atoms with van der Waals surface area (Å²) in [6, 6.07) is 0. The number of rotatable bonds is 4. The number of halogens is 1. The molecule has 0 saturated carbocycles. The number of hydrogen-bond donors (Lipinski definition) is 1. The predicted octanol–water partition coefficient (Wildman–Crippen LogP) is 2.24. The Balaban J connectivity index is 1.95. The molecule has 0 spiro atoms. The molecule has 5 heteroatoms. The fraction of sp³-hybridized carbons (Fsp3) is 0.750. The lowest BCUT2D eigenvalue weighted by molar-refractivity contribution is 0.149. The third kappa shape index (κ3) is 3.09. The first-order chi connectivity index (χ1) is 8.22. The van der Waals surface area contributed by atoms with Gasteiger partial charge in [0.1, 0.15) is 0 Å². The van der Waals surface area contributed by atoms with Gasteiger partial charge in [-0.1, -0.05) is 13.3 Å². The lowest BCUT2D eigenvalue weighted by Gasteiger charge is -2.27. The predicted molar refractivity (Wildman–Crippen MR) is 72.5 cm³/mol. The van der Waals surface area contributed by atoms with Gasteiger partial charge >= 0.3 is 0 Å². The Morgan fingerprint density at radius 1 is 1.29 bits per heavy atom. The van der Waals surface area contributed by atoms with E-state index in [9.17, 15) is 0 Å². The van der Waals surface area contributed by atoms with Gasteiger partial charge in [-0.25, -0.2) is 10.4 Å². The topological polar surface area (TPSA) is 33.1 Å². The molecule has 1 fully saturated rings. The zero-order valence-corrected chi connectivity index (χ0v) is 12.3. The minimum Gasteiger partial charge on any atom is -0.270 e. The first kappa shape index (κ1) is 13.1. The molecule has 1 aromatic rings. The standard InChI is InChI=1S/C12H21BrN4/c1-3-10-12(13)11(16(2)15-10)9-14-17-7-5-4-6-8-17/h14H,3-9H2,1-2H3. The minimum atomic E-state index is 0.851. The maximum atomic E-state index is 4.50. The zero-order valence-electron chi connectivity index (χ0n) is 10.7. The molecule has 2 heterocycles. The molecule has 1 aliphatic rings. The van der Waals surface area contributed by atoms with Crippen LogP contribution >= 0.6 is 15.9 Å². The molecule has 0 bridgehead atoms. The Labute approximate surface area is 111 Å². The number of hydrazine groups is 1. The molecule has 0 aromatic carbocycles. The van der Waals surface area contributed by atoms with Crippen LogP contribution in [-0.4, -0.2) is 27.9 Å². The number of nitrogens with zero attached hydrogens (tertiary/aromatic N) is 3. The van der Waals surface area contributed by atoms with E-state index in [0.717, 1.165) is 36.2 Å². The van der Waals surface area contributed by atoms with Crippen molar-refractivity contribution in [2.24, 2.45) is 7.05 Å². The van der Waals surface area contributed by atoms with Gasteiger partial charge in [-0.05, 0) is 35.2 Å². The van der Waals surface area contributed by atoms with Gasteiger partial charge in [-0.3, -0.25) is 4.68 Å². The van der Waals surface area contributed by atoms with E-state index < -0.39 is 0 Å². The first-order valence-corrected chi connectivity index (χ1v) is 7.20. The Morgan fingerprint density at radius 3 is 2.59 bits per heavy atom. The van der Waals surface area contributed by atoms with Crippen LogP contribution in [0.3, 0.4) is 0 Å². The van der Waals surface area contributed by atoms with Gasteiger partial charge in [0.2, 0.25) is 0 Å². The van der Waals surface area contributed by atoms with Crippen molar-refractivity contribution in [2.45, 2.75) is 39.2 Å². The average molecular weight is 301 g/mol. The van der Waals surface area contributed by atoms with Crippen LogP contribution in [0.1, 0.15) is 37.6 Å². The molecular weight excluding hydrogens is 280 g/mol. The Hall–Kier alpha value is -0.390. The second-order valence-corrected chi connectivity index (χ2v) is 5.36. The van der Waals surface area contributed by atoms with Gasteiger partial charge in [0.15, 0.2) is 0 Å². The van der Waals surface area contributed by atoms with E-state index >= 15 is 0 Å². The van der Waals surface area contributed by atoms with Crippen molar-refractivity contribution in [3.8, 4) is 0 Å². The van der Waals surface area contributed by atoms with E-state index in [1.54, 1.807) is 0 Å². The number of piperidine rings is 1. The van der Waals surface area contributed by atoms with Crippen molar-refractivity contribution in [2.75, 3.05) is 13.1 Å². The lowest BCUT2D eigenvalue weighted by atomic mass is 10.2. The Bertz CT molecular complexity index is 369. The SMILES string of the molecule is CCc1nn(C)c(CNN2CCCCC2)c1Br. The van der Waals surface area contributed by atoms with Crippen molar-refractivity contribution in [1.82, 2.24) is 20.2 Å². The Kier molecular flexibility index (Phi) is 4.59. The lowest BCUT2D eigenvalue weighted by Crippen LogP contribution is -2.41. The normalized spacial score (nSPS) is 17.6. The number of nitrogens with one attached hydrogen (secondary N) is 1. The number of aromatic nitrogens is 2. The fourth-order valence-electron chi connectivity index (χ4n) is 2.25. The molecule has 4 nitrogen and oxygen atoms in total. The molecule has 0 aliphatic carbocycles. The summed E-state index contributed by atoms with van der Waals surface area (Å²) in [6.45, 7) is 5.31. The molecule has 1 aliphatic heterocycles.